The van der Waals surface area contributed by atoms with Gasteiger partial charge in [-0.3, -0.25) is 5.32 Å². The summed E-state index contributed by atoms with van der Waals surface area (Å²) in [6.45, 7) is 3.61. The van der Waals surface area contributed by atoms with Gasteiger partial charge in [0.25, 0.3) is 0 Å². The number of benzene rings is 1. The van der Waals surface area contributed by atoms with Crippen LogP contribution < -0.4 is 11.1 Å². The maximum Gasteiger partial charge on any atom is 0.411 e. The predicted molar refractivity (Wildman–Crippen MR) is 59.6 cm³/mol. The number of amides is 1. The molecule has 1 aromatic carbocycles. The molecule has 0 aromatic heterocycles. The van der Waals surface area contributed by atoms with E-state index in [1.165, 1.54) is 24.3 Å². The second kappa shape index (κ2) is 4.94. The van der Waals surface area contributed by atoms with Crippen LogP contribution in [0, 0.1) is 5.82 Å². The molecule has 1 rings (SSSR count). The number of halogens is 1. The summed E-state index contributed by atoms with van der Waals surface area (Å²) in [4.78, 5) is 11.3. The fourth-order valence-electron chi connectivity index (χ4n) is 0.939. The zero-order chi connectivity index (χ0) is 12.2. The van der Waals surface area contributed by atoms with E-state index >= 15 is 0 Å². The van der Waals surface area contributed by atoms with E-state index in [4.69, 9.17) is 10.5 Å². The third kappa shape index (κ3) is 4.75. The normalized spacial score (nSPS) is 11.0. The van der Waals surface area contributed by atoms with Crippen LogP contribution >= 0.6 is 0 Å². The van der Waals surface area contributed by atoms with Crippen molar-refractivity contribution < 1.29 is 13.9 Å². The van der Waals surface area contributed by atoms with Gasteiger partial charge in [0.15, 0.2) is 0 Å². The molecule has 0 unspecified atom stereocenters. The van der Waals surface area contributed by atoms with Crippen molar-refractivity contribution in [1.82, 2.24) is 0 Å². The summed E-state index contributed by atoms with van der Waals surface area (Å²) < 4.78 is 17.4. The molecule has 0 radical (unpaired) electrons. The minimum Gasteiger partial charge on any atom is -0.447 e. The van der Waals surface area contributed by atoms with Crippen molar-refractivity contribution in [3.8, 4) is 0 Å². The van der Waals surface area contributed by atoms with Crippen LogP contribution in [0.3, 0.4) is 0 Å². The first-order valence-corrected chi connectivity index (χ1v) is 4.85. The van der Waals surface area contributed by atoms with Crippen LogP contribution in [0.25, 0.3) is 0 Å². The minimum atomic E-state index is -0.606. The fraction of sp³-hybridized carbons (Fsp3) is 0.364. The third-order valence-electron chi connectivity index (χ3n) is 1.67. The highest BCUT2D eigenvalue weighted by Crippen LogP contribution is 2.08. The summed E-state index contributed by atoms with van der Waals surface area (Å²) in [6, 6.07) is 5.40. The van der Waals surface area contributed by atoms with E-state index in [1.54, 1.807) is 13.8 Å². The summed E-state index contributed by atoms with van der Waals surface area (Å²) in [5, 5.41) is 2.46. The molecule has 1 aromatic rings. The molecule has 0 bridgehead atoms. The Bertz CT molecular complexity index is 357. The molecule has 0 saturated heterocycles. The van der Waals surface area contributed by atoms with E-state index in [9.17, 15) is 9.18 Å². The maximum atomic E-state index is 12.6. The molecule has 1 amide bonds. The Kier molecular flexibility index (Phi) is 3.84. The molecule has 0 atom stereocenters. The van der Waals surface area contributed by atoms with E-state index in [0.717, 1.165) is 0 Å². The van der Waals surface area contributed by atoms with E-state index in [1.807, 2.05) is 0 Å². The molecular weight excluding hydrogens is 211 g/mol. The molecular formula is C11H15FN2O2. The van der Waals surface area contributed by atoms with Crippen molar-refractivity contribution in [2.75, 3.05) is 11.9 Å². The molecule has 0 heterocycles. The number of rotatable bonds is 3. The van der Waals surface area contributed by atoms with Crippen molar-refractivity contribution in [2.24, 2.45) is 5.73 Å². The Morgan fingerprint density at radius 2 is 2.00 bits per heavy atom. The average Bonchev–Trinajstić information content (AvgIpc) is 2.18. The Morgan fingerprint density at radius 1 is 1.44 bits per heavy atom. The third-order valence-corrected chi connectivity index (χ3v) is 1.67. The lowest BCUT2D eigenvalue weighted by molar-refractivity contribution is 0.138. The number of carbonyl (C=O) groups excluding carboxylic acids is 1. The largest absolute Gasteiger partial charge is 0.447 e. The Morgan fingerprint density at radius 3 is 2.50 bits per heavy atom. The van der Waals surface area contributed by atoms with Crippen LogP contribution in [0.5, 0.6) is 0 Å². The monoisotopic (exact) mass is 226 g/mol. The molecule has 88 valence electrons. The predicted octanol–water partition coefficient (Wildman–Crippen LogP) is 2.11. The molecule has 16 heavy (non-hydrogen) atoms. The Labute approximate surface area is 93.6 Å². The van der Waals surface area contributed by atoms with Crippen molar-refractivity contribution in [3.63, 3.8) is 0 Å². The molecule has 0 aliphatic heterocycles. The number of hydrogen-bond donors (Lipinski definition) is 2. The topological polar surface area (TPSA) is 64.3 Å². The summed E-state index contributed by atoms with van der Waals surface area (Å²) in [7, 11) is 0. The van der Waals surface area contributed by atoms with E-state index < -0.39 is 11.6 Å². The molecule has 0 aliphatic rings. The van der Waals surface area contributed by atoms with Crippen LogP contribution in [0.15, 0.2) is 24.3 Å². The summed E-state index contributed by atoms with van der Waals surface area (Å²) in [5.74, 6) is -0.359. The number of nitrogens with two attached hydrogens (primary N) is 1. The zero-order valence-corrected chi connectivity index (χ0v) is 9.29. The minimum absolute atomic E-state index is 0.111. The van der Waals surface area contributed by atoms with Gasteiger partial charge in [-0.25, -0.2) is 9.18 Å². The number of hydrogen-bond acceptors (Lipinski definition) is 3. The molecule has 3 N–H and O–H groups in total. The van der Waals surface area contributed by atoms with Crippen molar-refractivity contribution in [2.45, 2.75) is 19.4 Å². The SMILES string of the molecule is CC(C)(N)COC(=O)Nc1ccc(F)cc1. The molecule has 0 saturated carbocycles. The number of nitrogens with one attached hydrogen (secondary N) is 1. The highest BCUT2D eigenvalue weighted by atomic mass is 19.1. The molecule has 4 nitrogen and oxygen atoms in total. The Hall–Kier alpha value is -1.62. The lowest BCUT2D eigenvalue weighted by Gasteiger charge is -2.18. The highest BCUT2D eigenvalue weighted by molar-refractivity contribution is 5.84. The molecule has 0 fully saturated rings. The quantitative estimate of drug-likeness (QED) is 0.829. The summed E-state index contributed by atoms with van der Waals surface area (Å²) in [5.41, 5.74) is 5.55. The number of anilines is 1. The van der Waals surface area contributed by atoms with Gasteiger partial charge in [-0.15, -0.1) is 0 Å². The van der Waals surface area contributed by atoms with Gasteiger partial charge in [-0.05, 0) is 38.1 Å². The zero-order valence-electron chi connectivity index (χ0n) is 9.29. The van der Waals surface area contributed by atoms with E-state index in [2.05, 4.69) is 5.32 Å². The fourth-order valence-corrected chi connectivity index (χ4v) is 0.939. The number of ether oxygens (including phenoxy) is 1. The standard InChI is InChI=1S/C11H15FN2O2/c1-11(2,13)7-16-10(15)14-9-5-3-8(12)4-6-9/h3-6H,7,13H2,1-2H3,(H,14,15). The maximum absolute atomic E-state index is 12.6. The van der Waals surface area contributed by atoms with Gasteiger partial charge in [0.1, 0.15) is 12.4 Å². The van der Waals surface area contributed by atoms with E-state index in [0.29, 0.717) is 5.69 Å². The molecule has 5 heteroatoms. The van der Waals surface area contributed by atoms with Gasteiger partial charge < -0.3 is 10.5 Å². The molecule has 0 aliphatic carbocycles. The number of carbonyl (C=O) groups is 1. The van der Waals surface area contributed by atoms with Crippen molar-refractivity contribution in [1.29, 1.82) is 0 Å². The second-order valence-electron chi connectivity index (χ2n) is 4.20. The van der Waals surface area contributed by atoms with Gasteiger partial charge in [-0.2, -0.15) is 0 Å². The van der Waals surface area contributed by atoms with Crippen LogP contribution in [0.2, 0.25) is 0 Å². The van der Waals surface area contributed by atoms with Crippen LogP contribution in [-0.2, 0) is 4.74 Å². The van der Waals surface area contributed by atoms with Gasteiger partial charge >= 0.3 is 6.09 Å². The van der Waals surface area contributed by atoms with Crippen molar-refractivity contribution in [3.05, 3.63) is 30.1 Å². The summed E-state index contributed by atoms with van der Waals surface area (Å²) >= 11 is 0. The van der Waals surface area contributed by atoms with Crippen LogP contribution in [0.4, 0.5) is 14.9 Å². The first kappa shape index (κ1) is 12.4. The lowest BCUT2D eigenvalue weighted by Crippen LogP contribution is -2.38. The lowest BCUT2D eigenvalue weighted by atomic mass is 10.1. The first-order valence-electron chi connectivity index (χ1n) is 4.85. The van der Waals surface area contributed by atoms with E-state index in [-0.39, 0.29) is 12.4 Å². The molecule has 0 spiro atoms. The second-order valence-corrected chi connectivity index (χ2v) is 4.20. The highest BCUT2D eigenvalue weighted by Gasteiger charge is 2.13. The van der Waals surface area contributed by atoms with Crippen LogP contribution in [-0.4, -0.2) is 18.2 Å². The first-order chi connectivity index (χ1) is 7.37. The van der Waals surface area contributed by atoms with Gasteiger partial charge in [-0.1, -0.05) is 0 Å². The van der Waals surface area contributed by atoms with Crippen LogP contribution in [0.1, 0.15) is 13.8 Å². The summed E-state index contributed by atoms with van der Waals surface area (Å²) in [6.07, 6.45) is -0.606. The average molecular weight is 226 g/mol. The van der Waals surface area contributed by atoms with Gasteiger partial charge in [0, 0.05) is 11.2 Å². The Balaban J connectivity index is 2.43. The van der Waals surface area contributed by atoms with Gasteiger partial charge in [0.2, 0.25) is 0 Å². The van der Waals surface area contributed by atoms with Gasteiger partial charge in [0.05, 0.1) is 0 Å². The smallest absolute Gasteiger partial charge is 0.411 e. The van der Waals surface area contributed by atoms with Crippen molar-refractivity contribution >= 4 is 11.8 Å².